The maximum atomic E-state index is 4.45. The molecule has 0 aliphatic carbocycles. The first-order chi connectivity index (χ1) is 8.43. The summed E-state index contributed by atoms with van der Waals surface area (Å²) in [5, 5.41) is 4.55. The van der Waals surface area contributed by atoms with E-state index in [0.717, 1.165) is 29.6 Å². The number of H-pyrrole nitrogens is 1. The van der Waals surface area contributed by atoms with Crippen LogP contribution in [0.4, 0.5) is 0 Å². The molecule has 1 fully saturated rings. The van der Waals surface area contributed by atoms with Crippen molar-refractivity contribution in [3.05, 3.63) is 24.8 Å². The molecule has 5 nitrogen and oxygen atoms in total. The molecular formula is C12H13N5. The zero-order valence-corrected chi connectivity index (χ0v) is 9.35. The highest BCUT2D eigenvalue weighted by atomic mass is 15.1. The first-order valence-corrected chi connectivity index (χ1v) is 5.93. The number of nitrogens with one attached hydrogen (secondary N) is 2. The molecule has 86 valence electrons. The van der Waals surface area contributed by atoms with Gasteiger partial charge in [0.2, 0.25) is 0 Å². The number of hydrogen-bond donors (Lipinski definition) is 2. The summed E-state index contributed by atoms with van der Waals surface area (Å²) < 4.78 is 2.28. The van der Waals surface area contributed by atoms with E-state index in [4.69, 9.17) is 0 Å². The maximum Gasteiger partial charge on any atom is 0.139 e. The molecule has 17 heavy (non-hydrogen) atoms. The van der Waals surface area contributed by atoms with Crippen molar-refractivity contribution >= 4 is 22.1 Å². The topological polar surface area (TPSA) is 58.5 Å². The maximum absolute atomic E-state index is 4.45. The van der Waals surface area contributed by atoms with Gasteiger partial charge >= 0.3 is 0 Å². The normalized spacial score (nSPS) is 20.6. The molecule has 1 aliphatic rings. The summed E-state index contributed by atoms with van der Waals surface area (Å²) in [5.74, 6) is 0. The summed E-state index contributed by atoms with van der Waals surface area (Å²) in [5.41, 5.74) is 3.11. The Kier molecular flexibility index (Phi) is 1.78. The smallest absolute Gasteiger partial charge is 0.139 e. The number of fused-ring (bicyclic) bond motifs is 3. The van der Waals surface area contributed by atoms with Crippen LogP contribution in [0.25, 0.3) is 22.1 Å². The summed E-state index contributed by atoms with van der Waals surface area (Å²) in [4.78, 5) is 12.0. The van der Waals surface area contributed by atoms with Crippen molar-refractivity contribution < 1.29 is 0 Å². The van der Waals surface area contributed by atoms with Gasteiger partial charge in [-0.05, 0) is 19.0 Å². The number of nitrogens with zero attached hydrogens (tertiary/aromatic N) is 3. The molecule has 3 aromatic rings. The second-order valence-corrected chi connectivity index (χ2v) is 4.53. The van der Waals surface area contributed by atoms with E-state index in [1.54, 1.807) is 0 Å². The van der Waals surface area contributed by atoms with Gasteiger partial charge in [0.15, 0.2) is 0 Å². The fourth-order valence-electron chi connectivity index (χ4n) is 2.68. The summed E-state index contributed by atoms with van der Waals surface area (Å²) in [7, 11) is 0. The Labute approximate surface area is 97.9 Å². The number of aromatic amines is 1. The molecule has 5 heteroatoms. The van der Waals surface area contributed by atoms with E-state index < -0.39 is 0 Å². The molecule has 4 rings (SSSR count). The van der Waals surface area contributed by atoms with Gasteiger partial charge in [-0.15, -0.1) is 0 Å². The van der Waals surface area contributed by atoms with Gasteiger partial charge in [-0.1, -0.05) is 0 Å². The molecule has 3 aromatic heterocycles. The summed E-state index contributed by atoms with van der Waals surface area (Å²) in [6, 6.07) is 2.59. The molecule has 0 saturated carbocycles. The lowest BCUT2D eigenvalue weighted by molar-refractivity contribution is 0.562. The predicted octanol–water partition coefficient (Wildman–Crippen LogP) is 1.45. The van der Waals surface area contributed by atoms with E-state index in [-0.39, 0.29) is 0 Å². The fraction of sp³-hybridized carbons (Fsp3) is 0.333. The van der Waals surface area contributed by atoms with E-state index >= 15 is 0 Å². The fourth-order valence-corrected chi connectivity index (χ4v) is 2.68. The summed E-state index contributed by atoms with van der Waals surface area (Å²) >= 11 is 0. The van der Waals surface area contributed by atoms with E-state index in [0.29, 0.717) is 6.04 Å². The molecule has 2 N–H and O–H groups in total. The van der Waals surface area contributed by atoms with E-state index in [1.165, 1.54) is 11.9 Å². The van der Waals surface area contributed by atoms with Gasteiger partial charge < -0.3 is 14.9 Å². The zero-order chi connectivity index (χ0) is 11.2. The van der Waals surface area contributed by atoms with Gasteiger partial charge in [0.1, 0.15) is 11.2 Å². The molecule has 0 amide bonds. The van der Waals surface area contributed by atoms with Crippen molar-refractivity contribution in [2.24, 2.45) is 0 Å². The highest BCUT2D eigenvalue weighted by Gasteiger charge is 2.19. The first kappa shape index (κ1) is 9.18. The van der Waals surface area contributed by atoms with E-state index in [9.17, 15) is 0 Å². The third-order valence-corrected chi connectivity index (χ3v) is 3.55. The average molecular weight is 227 g/mol. The Morgan fingerprint density at radius 1 is 1.35 bits per heavy atom. The van der Waals surface area contributed by atoms with Crippen LogP contribution >= 0.6 is 0 Å². The lowest BCUT2D eigenvalue weighted by Crippen LogP contribution is -2.12. The minimum absolute atomic E-state index is 0.514. The van der Waals surface area contributed by atoms with Gasteiger partial charge in [0, 0.05) is 24.2 Å². The quantitative estimate of drug-likeness (QED) is 0.661. The Morgan fingerprint density at radius 2 is 2.35 bits per heavy atom. The van der Waals surface area contributed by atoms with Crippen LogP contribution in [0, 0.1) is 0 Å². The minimum atomic E-state index is 0.514. The molecule has 0 radical (unpaired) electrons. The van der Waals surface area contributed by atoms with Crippen LogP contribution < -0.4 is 5.32 Å². The zero-order valence-electron chi connectivity index (χ0n) is 9.35. The number of rotatable bonds is 1. The van der Waals surface area contributed by atoms with Crippen LogP contribution in [0.2, 0.25) is 0 Å². The molecule has 1 atom stereocenters. The Balaban J connectivity index is 2.05. The SMILES string of the molecule is c1cc2c(ncc3ncn([C@@H]4CCNC4)c32)[nH]1. The molecule has 0 aromatic carbocycles. The number of pyridine rings is 1. The minimum Gasteiger partial charge on any atom is -0.346 e. The lowest BCUT2D eigenvalue weighted by atomic mass is 10.2. The third-order valence-electron chi connectivity index (χ3n) is 3.55. The van der Waals surface area contributed by atoms with E-state index in [1.807, 2.05) is 18.7 Å². The molecule has 1 saturated heterocycles. The predicted molar refractivity (Wildman–Crippen MR) is 65.9 cm³/mol. The third kappa shape index (κ3) is 1.23. The molecule has 0 bridgehead atoms. The molecular weight excluding hydrogens is 214 g/mol. The van der Waals surface area contributed by atoms with Crippen molar-refractivity contribution in [3.63, 3.8) is 0 Å². The molecule has 0 spiro atoms. The van der Waals surface area contributed by atoms with Crippen LogP contribution in [-0.2, 0) is 0 Å². The van der Waals surface area contributed by atoms with Crippen LogP contribution in [-0.4, -0.2) is 32.6 Å². The van der Waals surface area contributed by atoms with Crippen LogP contribution in [0.5, 0.6) is 0 Å². The van der Waals surface area contributed by atoms with Crippen molar-refractivity contribution in [2.75, 3.05) is 13.1 Å². The molecule has 0 unspecified atom stereocenters. The van der Waals surface area contributed by atoms with Crippen LogP contribution in [0.3, 0.4) is 0 Å². The molecule has 4 heterocycles. The second-order valence-electron chi connectivity index (χ2n) is 4.53. The van der Waals surface area contributed by atoms with Gasteiger partial charge in [-0.2, -0.15) is 0 Å². The van der Waals surface area contributed by atoms with Gasteiger partial charge in [-0.25, -0.2) is 9.97 Å². The van der Waals surface area contributed by atoms with Crippen molar-refractivity contribution in [3.8, 4) is 0 Å². The largest absolute Gasteiger partial charge is 0.346 e. The van der Waals surface area contributed by atoms with E-state index in [2.05, 4.69) is 30.9 Å². The Hall–Kier alpha value is -1.88. The van der Waals surface area contributed by atoms with Gasteiger partial charge in [0.25, 0.3) is 0 Å². The van der Waals surface area contributed by atoms with Gasteiger partial charge in [0.05, 0.1) is 18.0 Å². The monoisotopic (exact) mass is 227 g/mol. The van der Waals surface area contributed by atoms with Crippen molar-refractivity contribution in [2.45, 2.75) is 12.5 Å². The van der Waals surface area contributed by atoms with Crippen molar-refractivity contribution in [1.82, 2.24) is 24.8 Å². The Morgan fingerprint density at radius 3 is 3.24 bits per heavy atom. The van der Waals surface area contributed by atoms with Gasteiger partial charge in [-0.3, -0.25) is 0 Å². The summed E-state index contributed by atoms with van der Waals surface area (Å²) in [6.45, 7) is 2.12. The molecule has 1 aliphatic heterocycles. The van der Waals surface area contributed by atoms with Crippen LogP contribution in [0.1, 0.15) is 12.5 Å². The lowest BCUT2D eigenvalue weighted by Gasteiger charge is -2.11. The van der Waals surface area contributed by atoms with Crippen LogP contribution in [0.15, 0.2) is 24.8 Å². The summed E-state index contributed by atoms with van der Waals surface area (Å²) in [6.07, 6.45) is 6.88. The second kappa shape index (κ2) is 3.30. The highest BCUT2D eigenvalue weighted by molar-refractivity contribution is 6.00. The Bertz CT molecular complexity index is 674. The average Bonchev–Trinajstić information content (AvgIpc) is 3.08. The number of aromatic nitrogens is 4. The standard InChI is InChI=1S/C12H13N5/c1-3-13-5-8(1)17-7-16-10-6-15-12-9(11(10)17)2-4-14-12/h2,4,6-8,13H,1,3,5H2,(H,14,15)/t8-/m1/s1. The van der Waals surface area contributed by atoms with Crippen molar-refractivity contribution in [1.29, 1.82) is 0 Å². The first-order valence-electron chi connectivity index (χ1n) is 5.93. The number of imidazole rings is 1. The number of hydrogen-bond acceptors (Lipinski definition) is 3. The highest BCUT2D eigenvalue weighted by Crippen LogP contribution is 2.26.